The Bertz CT molecular complexity index is 997. The molecule has 2 N–H and O–H groups in total. The summed E-state index contributed by atoms with van der Waals surface area (Å²) in [7, 11) is 0. The minimum Gasteiger partial charge on any atom is -0.489 e. The van der Waals surface area contributed by atoms with Crippen molar-refractivity contribution in [3.05, 3.63) is 71.4 Å². The molecule has 3 aromatic rings. The number of pyridine rings is 1. The zero-order chi connectivity index (χ0) is 19.0. The molecular weight excluding hydrogens is 336 g/mol. The van der Waals surface area contributed by atoms with Crippen LogP contribution in [0, 0.1) is 18.3 Å². The monoisotopic (exact) mass is 360 g/mol. The fourth-order valence-electron chi connectivity index (χ4n) is 3.89. The van der Waals surface area contributed by atoms with Crippen molar-refractivity contribution in [2.45, 2.75) is 33.3 Å². The van der Waals surface area contributed by atoms with Crippen LogP contribution in [0.3, 0.4) is 0 Å². The summed E-state index contributed by atoms with van der Waals surface area (Å²) in [5.41, 5.74) is 9.78. The third kappa shape index (κ3) is 3.65. The smallest absolute Gasteiger partial charge is 0.221 e. The normalized spacial score (nSPS) is 21.2. The molecule has 1 heterocycles. The van der Waals surface area contributed by atoms with Crippen molar-refractivity contribution in [3.63, 3.8) is 0 Å². The van der Waals surface area contributed by atoms with Crippen LogP contribution in [0.1, 0.15) is 30.2 Å². The van der Waals surface area contributed by atoms with Gasteiger partial charge in [-0.3, -0.25) is 9.78 Å². The van der Waals surface area contributed by atoms with Gasteiger partial charge in [0, 0.05) is 22.6 Å². The van der Waals surface area contributed by atoms with Crippen LogP contribution >= 0.6 is 0 Å². The second-order valence-electron chi connectivity index (χ2n) is 7.86. The van der Waals surface area contributed by atoms with Gasteiger partial charge in [-0.05, 0) is 55.0 Å². The molecule has 1 saturated carbocycles. The predicted molar refractivity (Wildman–Crippen MR) is 106 cm³/mol. The zero-order valence-electron chi connectivity index (χ0n) is 15.7. The summed E-state index contributed by atoms with van der Waals surface area (Å²) in [5.74, 6) is 0.665. The van der Waals surface area contributed by atoms with Gasteiger partial charge in [0.25, 0.3) is 0 Å². The van der Waals surface area contributed by atoms with E-state index in [1.807, 2.05) is 37.3 Å². The number of rotatable bonds is 6. The molecule has 1 aliphatic carbocycles. The number of para-hydroxylation sites is 1. The van der Waals surface area contributed by atoms with E-state index in [1.165, 1.54) is 5.56 Å². The van der Waals surface area contributed by atoms with Crippen LogP contribution in [0.5, 0.6) is 5.75 Å². The highest BCUT2D eigenvalue weighted by Gasteiger charge is 2.53. The van der Waals surface area contributed by atoms with Gasteiger partial charge >= 0.3 is 0 Å². The molecule has 1 aliphatic rings. The quantitative estimate of drug-likeness (QED) is 0.717. The Labute approximate surface area is 159 Å². The molecule has 138 valence electrons. The van der Waals surface area contributed by atoms with E-state index in [9.17, 15) is 4.79 Å². The number of carbonyl (C=O) groups excluding carboxylic acids is 1. The molecule has 4 nitrogen and oxygen atoms in total. The van der Waals surface area contributed by atoms with Gasteiger partial charge in [0.05, 0.1) is 5.52 Å². The zero-order valence-corrected chi connectivity index (χ0v) is 15.7. The Morgan fingerprint density at radius 1 is 1.22 bits per heavy atom. The lowest BCUT2D eigenvalue weighted by Crippen LogP contribution is -2.18. The van der Waals surface area contributed by atoms with E-state index in [4.69, 9.17) is 10.5 Å². The Hall–Kier alpha value is -2.88. The van der Waals surface area contributed by atoms with E-state index >= 15 is 0 Å². The van der Waals surface area contributed by atoms with Gasteiger partial charge in [0.1, 0.15) is 12.4 Å². The third-order valence-electron chi connectivity index (χ3n) is 5.55. The highest BCUT2D eigenvalue weighted by molar-refractivity contribution is 5.82. The number of carbonyl (C=O) groups is 1. The highest BCUT2D eigenvalue weighted by Crippen LogP contribution is 2.54. The molecule has 0 spiro atoms. The molecule has 0 aliphatic heterocycles. The second kappa shape index (κ2) is 6.69. The number of aromatic nitrogens is 1. The van der Waals surface area contributed by atoms with Crippen molar-refractivity contribution in [1.82, 2.24) is 4.98 Å². The molecule has 0 saturated heterocycles. The van der Waals surface area contributed by atoms with Crippen molar-refractivity contribution in [2.24, 2.45) is 17.1 Å². The molecule has 4 rings (SSSR count). The summed E-state index contributed by atoms with van der Waals surface area (Å²) in [5, 5.41) is 1.12. The average molecular weight is 360 g/mol. The number of primary amides is 1. The Morgan fingerprint density at radius 2 is 1.96 bits per heavy atom. The predicted octanol–water partition coefficient (Wildman–Crippen LogP) is 4.18. The lowest BCUT2D eigenvalue weighted by Gasteiger charge is -2.12. The maximum atomic E-state index is 11.4. The Balaban J connectivity index is 1.43. The maximum absolute atomic E-state index is 11.4. The number of benzene rings is 2. The number of ether oxygens (including phenoxy) is 1. The summed E-state index contributed by atoms with van der Waals surface area (Å²) in [6.07, 6.45) is 1.75. The first-order chi connectivity index (χ1) is 12.9. The SMILES string of the molecule is Cc1cc(COc2ccc(C[C@]3(C)CC3C(N)=O)cc2)c2ccccc2n1. The van der Waals surface area contributed by atoms with Gasteiger partial charge in [-0.15, -0.1) is 0 Å². The second-order valence-corrected chi connectivity index (χ2v) is 7.86. The highest BCUT2D eigenvalue weighted by atomic mass is 16.5. The molecule has 1 aromatic heterocycles. The van der Waals surface area contributed by atoms with Gasteiger partial charge in [-0.2, -0.15) is 0 Å². The number of hydrogen-bond donors (Lipinski definition) is 1. The van der Waals surface area contributed by atoms with E-state index in [0.29, 0.717) is 6.61 Å². The summed E-state index contributed by atoms with van der Waals surface area (Å²) in [4.78, 5) is 15.9. The largest absolute Gasteiger partial charge is 0.489 e. The molecule has 0 radical (unpaired) electrons. The van der Waals surface area contributed by atoms with Gasteiger partial charge in [0.2, 0.25) is 5.91 Å². The molecule has 4 heteroatoms. The molecule has 0 bridgehead atoms. The van der Waals surface area contributed by atoms with Crippen molar-refractivity contribution in [2.75, 3.05) is 0 Å². The number of nitrogens with zero attached hydrogens (tertiary/aromatic N) is 1. The summed E-state index contributed by atoms with van der Waals surface area (Å²) < 4.78 is 6.01. The lowest BCUT2D eigenvalue weighted by molar-refractivity contribution is -0.119. The Kier molecular flexibility index (Phi) is 4.34. The van der Waals surface area contributed by atoms with Crippen LogP contribution < -0.4 is 10.5 Å². The first kappa shape index (κ1) is 17.5. The van der Waals surface area contributed by atoms with Crippen LogP contribution in [0.2, 0.25) is 0 Å². The van der Waals surface area contributed by atoms with Gasteiger partial charge < -0.3 is 10.5 Å². The topological polar surface area (TPSA) is 65.2 Å². The third-order valence-corrected chi connectivity index (χ3v) is 5.55. The van der Waals surface area contributed by atoms with Crippen molar-refractivity contribution in [1.29, 1.82) is 0 Å². The first-order valence-electron chi connectivity index (χ1n) is 9.31. The standard InChI is InChI=1S/C23H24N2O2/c1-15-11-17(19-5-3-4-6-21(19)25-15)14-27-18-9-7-16(8-10-18)12-23(2)13-20(23)22(24)26/h3-11,20H,12-14H2,1-2H3,(H2,24,26)/t20?,23-/m1/s1. The van der Waals surface area contributed by atoms with Gasteiger partial charge in [0.15, 0.2) is 0 Å². The molecule has 2 atom stereocenters. The van der Waals surface area contributed by atoms with Gasteiger partial charge in [-0.25, -0.2) is 0 Å². The van der Waals surface area contributed by atoms with Crippen LogP contribution in [-0.2, 0) is 17.8 Å². The maximum Gasteiger partial charge on any atom is 0.221 e. The van der Waals surface area contributed by atoms with E-state index < -0.39 is 0 Å². The molecule has 27 heavy (non-hydrogen) atoms. The number of aryl methyl sites for hydroxylation is 1. The Morgan fingerprint density at radius 3 is 2.67 bits per heavy atom. The van der Waals surface area contributed by atoms with Crippen molar-refractivity contribution in [3.8, 4) is 5.75 Å². The van der Waals surface area contributed by atoms with E-state index in [1.54, 1.807) is 0 Å². The molecular formula is C23H24N2O2. The molecule has 1 fully saturated rings. The number of amides is 1. The van der Waals surface area contributed by atoms with Crippen LogP contribution in [-0.4, -0.2) is 10.9 Å². The lowest BCUT2D eigenvalue weighted by atomic mass is 9.96. The summed E-state index contributed by atoms with van der Waals surface area (Å²) >= 11 is 0. The minimum atomic E-state index is -0.183. The average Bonchev–Trinajstić information content (AvgIpc) is 3.32. The van der Waals surface area contributed by atoms with Crippen molar-refractivity contribution < 1.29 is 9.53 Å². The van der Waals surface area contributed by atoms with Crippen LogP contribution in [0.4, 0.5) is 0 Å². The fourth-order valence-corrected chi connectivity index (χ4v) is 3.89. The van der Waals surface area contributed by atoms with E-state index in [-0.39, 0.29) is 17.2 Å². The number of fused-ring (bicyclic) bond motifs is 1. The van der Waals surface area contributed by atoms with Crippen LogP contribution in [0.15, 0.2) is 54.6 Å². The van der Waals surface area contributed by atoms with Crippen molar-refractivity contribution >= 4 is 16.8 Å². The summed E-state index contributed by atoms with van der Waals surface area (Å²) in [6.45, 7) is 4.64. The minimum absolute atomic E-state index is 0.0108. The van der Waals surface area contributed by atoms with Gasteiger partial charge in [-0.1, -0.05) is 37.3 Å². The number of hydrogen-bond acceptors (Lipinski definition) is 3. The van der Waals surface area contributed by atoms with E-state index in [2.05, 4.69) is 36.2 Å². The summed E-state index contributed by atoms with van der Waals surface area (Å²) in [6, 6.07) is 18.4. The molecule has 1 amide bonds. The van der Waals surface area contributed by atoms with Crippen LogP contribution in [0.25, 0.3) is 10.9 Å². The molecule has 1 unspecified atom stereocenters. The molecule has 2 aromatic carbocycles. The number of nitrogens with two attached hydrogens (primary N) is 1. The first-order valence-corrected chi connectivity index (χ1v) is 9.31. The fraction of sp³-hybridized carbons (Fsp3) is 0.304. The van der Waals surface area contributed by atoms with E-state index in [0.717, 1.165) is 40.8 Å².